The van der Waals surface area contributed by atoms with E-state index in [4.69, 9.17) is 0 Å². The molecule has 0 aliphatic rings. The van der Waals surface area contributed by atoms with Crippen molar-refractivity contribution < 1.29 is 5.11 Å². The maximum atomic E-state index is 9.64. The predicted molar refractivity (Wildman–Crippen MR) is 85.1 cm³/mol. The standard InChI is InChI=1S/C18H32O/c1-3-5-7-8-9-10-11-12-13-15-17-18(19)16-14-6-4-2/h15,17-19H,3-11,14,16H2,1-2H3/b17-15+. The predicted octanol–water partition coefficient (Wildman–Crippen LogP) is 5.24. The summed E-state index contributed by atoms with van der Waals surface area (Å²) >= 11 is 0. The Morgan fingerprint density at radius 1 is 0.895 bits per heavy atom. The maximum absolute atomic E-state index is 9.64. The third-order valence-corrected chi connectivity index (χ3v) is 3.26. The van der Waals surface area contributed by atoms with Crippen LogP contribution >= 0.6 is 0 Å². The number of hydrogen-bond acceptors (Lipinski definition) is 1. The summed E-state index contributed by atoms with van der Waals surface area (Å²) in [7, 11) is 0. The molecule has 0 rings (SSSR count). The van der Waals surface area contributed by atoms with E-state index in [1.54, 1.807) is 0 Å². The summed E-state index contributed by atoms with van der Waals surface area (Å²) in [6.45, 7) is 4.42. The molecule has 0 aromatic carbocycles. The fourth-order valence-corrected chi connectivity index (χ4v) is 1.98. The Bertz CT molecular complexity index is 257. The van der Waals surface area contributed by atoms with Gasteiger partial charge in [0.25, 0.3) is 0 Å². The number of allylic oxidation sites excluding steroid dienone is 1. The number of rotatable bonds is 11. The van der Waals surface area contributed by atoms with E-state index in [-0.39, 0.29) is 6.10 Å². The normalized spacial score (nSPS) is 12.4. The summed E-state index contributed by atoms with van der Waals surface area (Å²) in [5.41, 5.74) is 0. The molecule has 0 aliphatic heterocycles. The first-order valence-corrected chi connectivity index (χ1v) is 8.14. The van der Waals surface area contributed by atoms with Crippen LogP contribution in [0.3, 0.4) is 0 Å². The zero-order chi connectivity index (χ0) is 14.2. The zero-order valence-electron chi connectivity index (χ0n) is 13.0. The van der Waals surface area contributed by atoms with Crippen molar-refractivity contribution in [1.82, 2.24) is 0 Å². The Morgan fingerprint density at radius 3 is 2.26 bits per heavy atom. The van der Waals surface area contributed by atoms with Gasteiger partial charge in [0.1, 0.15) is 0 Å². The van der Waals surface area contributed by atoms with E-state index in [0.717, 1.165) is 19.3 Å². The van der Waals surface area contributed by atoms with Crippen LogP contribution in [0.2, 0.25) is 0 Å². The Labute approximate surface area is 120 Å². The molecule has 1 N–H and O–H groups in total. The highest BCUT2D eigenvalue weighted by Gasteiger charge is 1.96. The lowest BCUT2D eigenvalue weighted by molar-refractivity contribution is 0.208. The molecule has 0 bridgehead atoms. The highest BCUT2D eigenvalue weighted by atomic mass is 16.3. The highest BCUT2D eigenvalue weighted by molar-refractivity contribution is 5.16. The minimum Gasteiger partial charge on any atom is -0.389 e. The maximum Gasteiger partial charge on any atom is 0.0730 e. The first kappa shape index (κ1) is 18.3. The SMILES string of the molecule is CCCCCCCCC#C/C=C/C(O)CCCCC. The van der Waals surface area contributed by atoms with E-state index in [0.29, 0.717) is 0 Å². The topological polar surface area (TPSA) is 20.2 Å². The molecule has 0 aromatic rings. The van der Waals surface area contributed by atoms with Gasteiger partial charge in [-0.2, -0.15) is 0 Å². The molecule has 19 heavy (non-hydrogen) atoms. The first-order valence-electron chi connectivity index (χ1n) is 8.14. The van der Waals surface area contributed by atoms with Crippen LogP contribution in [0.1, 0.15) is 84.5 Å². The number of aliphatic hydroxyl groups excluding tert-OH is 1. The molecule has 0 aromatic heterocycles. The summed E-state index contributed by atoms with van der Waals surface area (Å²) in [5.74, 6) is 6.17. The van der Waals surface area contributed by atoms with Gasteiger partial charge in [-0.1, -0.05) is 77.1 Å². The Hall–Kier alpha value is -0.740. The molecule has 0 radical (unpaired) electrons. The van der Waals surface area contributed by atoms with Gasteiger partial charge in [0.05, 0.1) is 6.10 Å². The molecular formula is C18H32O. The second kappa shape index (κ2) is 15.3. The summed E-state index contributed by atoms with van der Waals surface area (Å²) in [4.78, 5) is 0. The molecule has 0 fully saturated rings. The molecular weight excluding hydrogens is 232 g/mol. The van der Waals surface area contributed by atoms with Gasteiger partial charge in [0, 0.05) is 6.42 Å². The number of aliphatic hydroxyl groups is 1. The van der Waals surface area contributed by atoms with Crippen molar-refractivity contribution in [2.45, 2.75) is 90.6 Å². The second-order valence-corrected chi connectivity index (χ2v) is 5.26. The second-order valence-electron chi connectivity index (χ2n) is 5.26. The zero-order valence-corrected chi connectivity index (χ0v) is 13.0. The van der Waals surface area contributed by atoms with Crippen LogP contribution in [-0.2, 0) is 0 Å². The Morgan fingerprint density at radius 2 is 1.53 bits per heavy atom. The van der Waals surface area contributed by atoms with Crippen LogP contribution in [0.25, 0.3) is 0 Å². The number of hydrogen-bond donors (Lipinski definition) is 1. The molecule has 0 amide bonds. The van der Waals surface area contributed by atoms with Crippen molar-refractivity contribution >= 4 is 0 Å². The molecule has 0 saturated carbocycles. The highest BCUT2D eigenvalue weighted by Crippen LogP contribution is 2.06. The minimum absolute atomic E-state index is 0.310. The van der Waals surface area contributed by atoms with Crippen molar-refractivity contribution in [2.75, 3.05) is 0 Å². The van der Waals surface area contributed by atoms with Gasteiger partial charge in [0.2, 0.25) is 0 Å². The molecule has 1 atom stereocenters. The van der Waals surface area contributed by atoms with E-state index < -0.39 is 0 Å². The largest absolute Gasteiger partial charge is 0.389 e. The van der Waals surface area contributed by atoms with Crippen LogP contribution in [0, 0.1) is 11.8 Å². The fourth-order valence-electron chi connectivity index (χ4n) is 1.98. The van der Waals surface area contributed by atoms with Gasteiger partial charge in [0.15, 0.2) is 0 Å². The minimum atomic E-state index is -0.310. The van der Waals surface area contributed by atoms with E-state index in [1.165, 1.54) is 51.4 Å². The quantitative estimate of drug-likeness (QED) is 0.400. The molecule has 110 valence electrons. The van der Waals surface area contributed by atoms with Crippen LogP contribution in [0.15, 0.2) is 12.2 Å². The number of unbranched alkanes of at least 4 members (excludes halogenated alkanes) is 8. The van der Waals surface area contributed by atoms with Gasteiger partial charge in [-0.05, 0) is 25.0 Å². The lowest BCUT2D eigenvalue weighted by Crippen LogP contribution is -2.00. The summed E-state index contributed by atoms with van der Waals surface area (Å²) in [6.07, 6.45) is 16.6. The third kappa shape index (κ3) is 15.2. The van der Waals surface area contributed by atoms with E-state index >= 15 is 0 Å². The van der Waals surface area contributed by atoms with Crippen LogP contribution in [0.4, 0.5) is 0 Å². The molecule has 1 unspecified atom stereocenters. The van der Waals surface area contributed by atoms with Crippen molar-refractivity contribution in [3.8, 4) is 11.8 Å². The third-order valence-electron chi connectivity index (χ3n) is 3.26. The van der Waals surface area contributed by atoms with Crippen molar-refractivity contribution in [2.24, 2.45) is 0 Å². The van der Waals surface area contributed by atoms with Gasteiger partial charge in [-0.3, -0.25) is 0 Å². The molecule has 1 heteroatoms. The van der Waals surface area contributed by atoms with Crippen LogP contribution in [-0.4, -0.2) is 11.2 Å². The Kier molecular flexibility index (Phi) is 14.7. The lowest BCUT2D eigenvalue weighted by Gasteiger charge is -2.02. The monoisotopic (exact) mass is 264 g/mol. The molecule has 0 saturated heterocycles. The average molecular weight is 264 g/mol. The van der Waals surface area contributed by atoms with E-state index in [9.17, 15) is 5.11 Å². The van der Waals surface area contributed by atoms with Crippen LogP contribution in [0.5, 0.6) is 0 Å². The van der Waals surface area contributed by atoms with Gasteiger partial charge in [-0.15, -0.1) is 0 Å². The summed E-state index contributed by atoms with van der Waals surface area (Å²) in [6, 6.07) is 0. The molecule has 0 heterocycles. The van der Waals surface area contributed by atoms with Crippen LogP contribution < -0.4 is 0 Å². The van der Waals surface area contributed by atoms with Crippen molar-refractivity contribution in [1.29, 1.82) is 0 Å². The lowest BCUT2D eigenvalue weighted by atomic mass is 10.1. The van der Waals surface area contributed by atoms with E-state index in [1.807, 2.05) is 12.2 Å². The summed E-state index contributed by atoms with van der Waals surface area (Å²) < 4.78 is 0. The van der Waals surface area contributed by atoms with Gasteiger partial charge < -0.3 is 5.11 Å². The average Bonchev–Trinajstić information content (AvgIpc) is 2.41. The molecule has 0 aliphatic carbocycles. The van der Waals surface area contributed by atoms with E-state index in [2.05, 4.69) is 25.7 Å². The summed E-state index contributed by atoms with van der Waals surface area (Å²) in [5, 5.41) is 9.64. The molecule has 0 spiro atoms. The Balaban J connectivity index is 3.41. The fraction of sp³-hybridized carbons (Fsp3) is 0.778. The molecule has 1 nitrogen and oxygen atoms in total. The van der Waals surface area contributed by atoms with Gasteiger partial charge in [-0.25, -0.2) is 0 Å². The van der Waals surface area contributed by atoms with Crippen molar-refractivity contribution in [3.63, 3.8) is 0 Å². The first-order chi connectivity index (χ1) is 9.31. The van der Waals surface area contributed by atoms with Gasteiger partial charge >= 0.3 is 0 Å². The smallest absolute Gasteiger partial charge is 0.0730 e. The van der Waals surface area contributed by atoms with Crippen molar-refractivity contribution in [3.05, 3.63) is 12.2 Å².